The molecule has 0 aliphatic carbocycles. The Morgan fingerprint density at radius 3 is 2.47 bits per heavy atom. The monoisotopic (exact) mass is 422 g/mol. The van der Waals surface area contributed by atoms with Gasteiger partial charge in [0.1, 0.15) is 0 Å². The number of hydrogen-bond donors (Lipinski definition) is 2. The Balaban J connectivity index is 1.52. The zero-order valence-electron chi connectivity index (χ0n) is 15.7. The summed E-state index contributed by atoms with van der Waals surface area (Å²) in [5.74, 6) is 0.679. The van der Waals surface area contributed by atoms with Crippen molar-refractivity contribution in [3.8, 4) is 11.5 Å². The number of rotatable bonds is 6. The van der Waals surface area contributed by atoms with Crippen molar-refractivity contribution < 1.29 is 22.7 Å². The zero-order chi connectivity index (χ0) is 21.0. The van der Waals surface area contributed by atoms with E-state index in [0.717, 1.165) is 11.0 Å². The molecule has 1 aliphatic heterocycles. The highest BCUT2D eigenvalue weighted by Gasteiger charge is 2.17. The molecule has 1 amide bonds. The summed E-state index contributed by atoms with van der Waals surface area (Å²) < 4.78 is 38.0. The van der Waals surface area contributed by atoms with Gasteiger partial charge in [-0.3, -0.25) is 9.52 Å². The second-order valence-corrected chi connectivity index (χ2v) is 7.99. The van der Waals surface area contributed by atoms with Crippen molar-refractivity contribution in [2.75, 3.05) is 16.8 Å². The molecule has 0 saturated heterocycles. The van der Waals surface area contributed by atoms with Crippen LogP contribution in [-0.4, -0.2) is 21.1 Å². The first-order chi connectivity index (χ1) is 14.5. The van der Waals surface area contributed by atoms with Gasteiger partial charge in [-0.1, -0.05) is 42.5 Å². The largest absolute Gasteiger partial charge is 0.454 e. The predicted octanol–water partition coefficient (Wildman–Crippen LogP) is 4.08. The van der Waals surface area contributed by atoms with Gasteiger partial charge in [0, 0.05) is 11.8 Å². The molecule has 2 N–H and O–H groups in total. The van der Waals surface area contributed by atoms with E-state index >= 15 is 0 Å². The van der Waals surface area contributed by atoms with E-state index in [4.69, 9.17) is 9.47 Å². The Hall–Kier alpha value is -3.78. The summed E-state index contributed by atoms with van der Waals surface area (Å²) in [4.78, 5) is 12.8. The number of carbonyl (C=O) groups is 1. The van der Waals surface area contributed by atoms with Crippen LogP contribution < -0.4 is 19.5 Å². The van der Waals surface area contributed by atoms with Crippen molar-refractivity contribution in [3.63, 3.8) is 0 Å². The molecule has 8 heteroatoms. The molecule has 0 radical (unpaired) electrons. The van der Waals surface area contributed by atoms with E-state index in [2.05, 4.69) is 10.0 Å². The molecule has 1 aliphatic rings. The Kier molecular flexibility index (Phi) is 5.40. The minimum Gasteiger partial charge on any atom is -0.454 e. The minimum atomic E-state index is -3.82. The van der Waals surface area contributed by atoms with Crippen molar-refractivity contribution >= 4 is 33.4 Å². The summed E-state index contributed by atoms with van der Waals surface area (Å²) in [6.07, 6.45) is 1.48. The van der Waals surface area contributed by atoms with Gasteiger partial charge in [0.25, 0.3) is 15.9 Å². The zero-order valence-corrected chi connectivity index (χ0v) is 16.6. The van der Waals surface area contributed by atoms with Crippen LogP contribution in [0.3, 0.4) is 0 Å². The molecule has 4 rings (SSSR count). The molecule has 0 saturated carbocycles. The number of nitrogens with one attached hydrogen (secondary N) is 2. The number of carbonyl (C=O) groups excluding carboxylic acids is 1. The maximum absolute atomic E-state index is 12.8. The van der Waals surface area contributed by atoms with Gasteiger partial charge in [-0.25, -0.2) is 8.42 Å². The summed E-state index contributed by atoms with van der Waals surface area (Å²) >= 11 is 0. The molecule has 0 fully saturated rings. The Morgan fingerprint density at radius 2 is 1.63 bits per heavy atom. The molecule has 1 heterocycles. The molecule has 0 aromatic heterocycles. The van der Waals surface area contributed by atoms with Gasteiger partial charge in [-0.05, 0) is 35.9 Å². The SMILES string of the molecule is O=C(Nc1ccc2c(c1)OCO2)c1ccccc1NS(=O)(=O)/C=C/c1ccccc1. The molecule has 3 aromatic carbocycles. The van der Waals surface area contributed by atoms with E-state index in [-0.39, 0.29) is 18.0 Å². The molecule has 0 spiro atoms. The van der Waals surface area contributed by atoms with Crippen molar-refractivity contribution in [2.24, 2.45) is 0 Å². The number of para-hydroxylation sites is 1. The fourth-order valence-electron chi connectivity index (χ4n) is 2.86. The lowest BCUT2D eigenvalue weighted by Gasteiger charge is -2.11. The summed E-state index contributed by atoms with van der Waals surface area (Å²) in [7, 11) is -3.82. The second-order valence-electron chi connectivity index (χ2n) is 6.43. The lowest BCUT2D eigenvalue weighted by molar-refractivity contribution is 0.102. The van der Waals surface area contributed by atoms with E-state index in [1.54, 1.807) is 48.5 Å². The van der Waals surface area contributed by atoms with Crippen LogP contribution in [0.15, 0.2) is 78.2 Å². The van der Waals surface area contributed by atoms with E-state index < -0.39 is 15.9 Å². The van der Waals surface area contributed by atoms with Gasteiger partial charge in [0.15, 0.2) is 11.5 Å². The molecule has 152 valence electrons. The smallest absolute Gasteiger partial charge is 0.257 e. The van der Waals surface area contributed by atoms with Crippen LogP contribution in [0.4, 0.5) is 11.4 Å². The highest BCUT2D eigenvalue weighted by molar-refractivity contribution is 7.95. The topological polar surface area (TPSA) is 93.7 Å². The standard InChI is InChI=1S/C22H18N2O5S/c25-22(23-17-10-11-20-21(14-17)29-15-28-20)18-8-4-5-9-19(18)24-30(26,27)13-12-16-6-2-1-3-7-16/h1-14,24H,15H2,(H,23,25)/b13-12+. The number of hydrogen-bond acceptors (Lipinski definition) is 5. The molecule has 3 aromatic rings. The normalized spacial score (nSPS) is 12.7. The van der Waals surface area contributed by atoms with Gasteiger partial charge in [0.2, 0.25) is 6.79 Å². The fourth-order valence-corrected chi connectivity index (χ4v) is 3.75. The predicted molar refractivity (Wildman–Crippen MR) is 115 cm³/mol. The van der Waals surface area contributed by atoms with Crippen LogP contribution >= 0.6 is 0 Å². The maximum Gasteiger partial charge on any atom is 0.257 e. The summed E-state index contributed by atoms with van der Waals surface area (Å²) in [5, 5.41) is 3.81. The fraction of sp³-hybridized carbons (Fsp3) is 0.0455. The molecule has 0 atom stereocenters. The van der Waals surface area contributed by atoms with Gasteiger partial charge in [-0.2, -0.15) is 0 Å². The van der Waals surface area contributed by atoms with Gasteiger partial charge >= 0.3 is 0 Å². The van der Waals surface area contributed by atoms with Crippen molar-refractivity contribution in [2.45, 2.75) is 0 Å². The highest BCUT2D eigenvalue weighted by atomic mass is 32.2. The number of ether oxygens (including phenoxy) is 2. The lowest BCUT2D eigenvalue weighted by atomic mass is 10.1. The third kappa shape index (κ3) is 4.61. The molecule has 7 nitrogen and oxygen atoms in total. The molecule has 30 heavy (non-hydrogen) atoms. The van der Waals surface area contributed by atoms with Gasteiger partial charge in [-0.15, -0.1) is 0 Å². The van der Waals surface area contributed by atoms with Gasteiger partial charge < -0.3 is 14.8 Å². The average Bonchev–Trinajstić information content (AvgIpc) is 3.21. The molecule has 0 bridgehead atoms. The van der Waals surface area contributed by atoms with Crippen LogP contribution in [0.5, 0.6) is 11.5 Å². The first kappa shape index (κ1) is 19.5. The Morgan fingerprint density at radius 1 is 0.900 bits per heavy atom. The van der Waals surface area contributed by atoms with Crippen molar-refractivity contribution in [1.82, 2.24) is 0 Å². The van der Waals surface area contributed by atoms with E-state index in [0.29, 0.717) is 17.2 Å². The van der Waals surface area contributed by atoms with Crippen LogP contribution in [0.1, 0.15) is 15.9 Å². The number of fused-ring (bicyclic) bond motifs is 1. The summed E-state index contributed by atoms with van der Waals surface area (Å²) in [6, 6.07) is 20.5. The number of amides is 1. The molecule has 0 unspecified atom stereocenters. The first-order valence-electron chi connectivity index (χ1n) is 9.06. The quantitative estimate of drug-likeness (QED) is 0.624. The van der Waals surface area contributed by atoms with E-state index in [9.17, 15) is 13.2 Å². The lowest BCUT2D eigenvalue weighted by Crippen LogP contribution is -2.17. The van der Waals surface area contributed by atoms with Crippen LogP contribution in [-0.2, 0) is 10.0 Å². The maximum atomic E-state index is 12.8. The average molecular weight is 422 g/mol. The van der Waals surface area contributed by atoms with Crippen LogP contribution in [0, 0.1) is 0 Å². The first-order valence-corrected chi connectivity index (χ1v) is 10.6. The third-order valence-corrected chi connectivity index (χ3v) is 5.29. The van der Waals surface area contributed by atoms with E-state index in [1.165, 1.54) is 12.1 Å². The summed E-state index contributed by atoms with van der Waals surface area (Å²) in [6.45, 7) is 0.133. The Labute approximate surface area is 174 Å². The number of anilines is 2. The van der Waals surface area contributed by atoms with Crippen molar-refractivity contribution in [1.29, 1.82) is 0 Å². The number of sulfonamides is 1. The molecular weight excluding hydrogens is 404 g/mol. The highest BCUT2D eigenvalue weighted by Crippen LogP contribution is 2.34. The van der Waals surface area contributed by atoms with E-state index in [1.807, 2.05) is 18.2 Å². The van der Waals surface area contributed by atoms with Gasteiger partial charge in [0.05, 0.1) is 16.7 Å². The third-order valence-electron chi connectivity index (χ3n) is 4.29. The Bertz CT molecular complexity index is 1210. The van der Waals surface area contributed by atoms with Crippen LogP contribution in [0.25, 0.3) is 6.08 Å². The summed E-state index contributed by atoms with van der Waals surface area (Å²) in [5.41, 5.74) is 1.61. The van der Waals surface area contributed by atoms with Crippen molar-refractivity contribution in [3.05, 3.63) is 89.3 Å². The van der Waals surface area contributed by atoms with Crippen LogP contribution in [0.2, 0.25) is 0 Å². The minimum absolute atomic E-state index is 0.133. The number of benzene rings is 3. The molecular formula is C22H18N2O5S. The second kappa shape index (κ2) is 8.30.